The van der Waals surface area contributed by atoms with E-state index in [0.717, 1.165) is 24.4 Å². The molecule has 0 unspecified atom stereocenters. The molecule has 1 aromatic rings. The van der Waals surface area contributed by atoms with Crippen LogP contribution >= 0.6 is 0 Å². The van der Waals surface area contributed by atoms with Gasteiger partial charge in [-0.25, -0.2) is 4.39 Å². The van der Waals surface area contributed by atoms with Gasteiger partial charge in [-0.15, -0.1) is 0 Å². The third kappa shape index (κ3) is 5.63. The maximum atomic E-state index is 12.8. The summed E-state index contributed by atoms with van der Waals surface area (Å²) < 4.78 is 17.3. The molecule has 3 nitrogen and oxygen atoms in total. The Balaban J connectivity index is 2.15. The lowest BCUT2D eigenvalue weighted by atomic mass is 10.1. The lowest BCUT2D eigenvalue weighted by Crippen LogP contribution is -2.13. The van der Waals surface area contributed by atoms with Gasteiger partial charge in [0.25, 0.3) is 6.48 Å². The molecule has 0 spiro atoms. The van der Waals surface area contributed by atoms with Gasteiger partial charge >= 0.3 is 0 Å². The number of hydrogen-bond donors (Lipinski definition) is 2. The van der Waals surface area contributed by atoms with Gasteiger partial charge < -0.3 is 14.6 Å². The second-order valence-electron chi connectivity index (χ2n) is 3.07. The second kappa shape index (κ2) is 6.68. The van der Waals surface area contributed by atoms with Crippen LogP contribution in [-0.2, 0) is 10.8 Å². The van der Waals surface area contributed by atoms with Crippen LogP contribution in [0.4, 0.5) is 4.39 Å². The first-order valence-corrected chi connectivity index (χ1v) is 5.79. The summed E-state index contributed by atoms with van der Waals surface area (Å²) >= 11 is 0. The fourth-order valence-corrected chi connectivity index (χ4v) is 1.78. The Labute approximate surface area is 90.5 Å². The largest absolute Gasteiger partial charge is 0.372 e. The average Bonchev–Trinajstić information content (AvgIpc) is 2.17. The molecule has 2 radical (unpaired) electrons. The van der Waals surface area contributed by atoms with Crippen molar-refractivity contribution in [2.24, 2.45) is 0 Å². The van der Waals surface area contributed by atoms with Crippen LogP contribution in [0.1, 0.15) is 12.0 Å². The molecule has 0 aliphatic heterocycles. The molecule has 0 fully saturated rings. The smallest absolute Gasteiger partial charge is 0.256 e. The van der Waals surface area contributed by atoms with Gasteiger partial charge in [0.15, 0.2) is 0 Å². The quantitative estimate of drug-likeness (QED) is 0.435. The van der Waals surface area contributed by atoms with Crippen molar-refractivity contribution >= 4 is 9.76 Å². The van der Waals surface area contributed by atoms with Crippen LogP contribution in [0.15, 0.2) is 24.3 Å². The molecule has 0 bridgehead atoms. The van der Waals surface area contributed by atoms with Crippen molar-refractivity contribution in [1.82, 2.24) is 0 Å². The normalized spacial score (nSPS) is 10.9. The molecule has 0 heterocycles. The third-order valence-corrected chi connectivity index (χ3v) is 2.76. The standard InChI is InChI=1S/C10H13FO3Si/c11-9-5-1-3-8(7-9)4-2-6-15-14-10(12)13/h1,3,5,7,10,12-13H,2,4,6H2. The summed E-state index contributed by atoms with van der Waals surface area (Å²) in [5, 5.41) is 16.8. The zero-order chi connectivity index (χ0) is 11.1. The van der Waals surface area contributed by atoms with Gasteiger partial charge in [0, 0.05) is 0 Å². The van der Waals surface area contributed by atoms with Crippen molar-refractivity contribution in [3.63, 3.8) is 0 Å². The topological polar surface area (TPSA) is 49.7 Å². The highest BCUT2D eigenvalue weighted by Crippen LogP contribution is 2.07. The summed E-state index contributed by atoms with van der Waals surface area (Å²) in [6.07, 6.45) is 1.62. The highest BCUT2D eigenvalue weighted by molar-refractivity contribution is 6.26. The van der Waals surface area contributed by atoms with Crippen molar-refractivity contribution in [3.8, 4) is 0 Å². The van der Waals surface area contributed by atoms with Crippen LogP contribution in [-0.4, -0.2) is 26.5 Å². The zero-order valence-electron chi connectivity index (χ0n) is 8.19. The van der Waals surface area contributed by atoms with E-state index in [2.05, 4.69) is 4.43 Å². The first kappa shape index (κ1) is 12.3. The van der Waals surface area contributed by atoms with Crippen LogP contribution in [0.2, 0.25) is 6.04 Å². The first-order chi connectivity index (χ1) is 7.18. The van der Waals surface area contributed by atoms with Crippen LogP contribution in [0.5, 0.6) is 0 Å². The van der Waals surface area contributed by atoms with E-state index in [1.807, 2.05) is 6.07 Å². The highest BCUT2D eigenvalue weighted by atomic mass is 28.2. The molecular weight excluding hydrogens is 215 g/mol. The van der Waals surface area contributed by atoms with E-state index in [9.17, 15) is 4.39 Å². The molecule has 15 heavy (non-hydrogen) atoms. The van der Waals surface area contributed by atoms with Crippen LogP contribution in [0.3, 0.4) is 0 Å². The molecule has 2 N–H and O–H groups in total. The molecule has 0 aliphatic rings. The molecule has 0 saturated heterocycles. The van der Waals surface area contributed by atoms with Crippen molar-refractivity contribution < 1.29 is 19.0 Å². The lowest BCUT2D eigenvalue weighted by molar-refractivity contribution is -0.180. The summed E-state index contributed by atoms with van der Waals surface area (Å²) in [7, 11) is 0.0678. The molecule has 0 aliphatic carbocycles. The van der Waals surface area contributed by atoms with E-state index in [-0.39, 0.29) is 15.6 Å². The Morgan fingerprint density at radius 1 is 1.40 bits per heavy atom. The fourth-order valence-electron chi connectivity index (χ4n) is 1.19. The van der Waals surface area contributed by atoms with E-state index in [1.165, 1.54) is 12.1 Å². The summed E-state index contributed by atoms with van der Waals surface area (Å²) in [5.74, 6) is -0.225. The summed E-state index contributed by atoms with van der Waals surface area (Å²) in [6, 6.07) is 7.21. The van der Waals surface area contributed by atoms with E-state index in [0.29, 0.717) is 0 Å². The molecule has 0 aromatic heterocycles. The van der Waals surface area contributed by atoms with Gasteiger partial charge in [-0.1, -0.05) is 12.1 Å². The summed E-state index contributed by atoms with van der Waals surface area (Å²) in [4.78, 5) is 0. The number of rotatable bonds is 6. The van der Waals surface area contributed by atoms with Crippen molar-refractivity contribution in [2.75, 3.05) is 0 Å². The van der Waals surface area contributed by atoms with Crippen LogP contribution in [0.25, 0.3) is 0 Å². The second-order valence-corrected chi connectivity index (χ2v) is 4.10. The minimum absolute atomic E-state index is 0.0678. The van der Waals surface area contributed by atoms with E-state index in [1.54, 1.807) is 6.07 Å². The molecule has 1 rings (SSSR count). The van der Waals surface area contributed by atoms with E-state index >= 15 is 0 Å². The number of benzene rings is 1. The fraction of sp³-hybridized carbons (Fsp3) is 0.400. The van der Waals surface area contributed by atoms with Gasteiger partial charge in [0.1, 0.15) is 5.82 Å². The predicted octanol–water partition coefficient (Wildman–Crippen LogP) is 1.08. The highest BCUT2D eigenvalue weighted by Gasteiger charge is 1.99. The van der Waals surface area contributed by atoms with Gasteiger partial charge in [-0.2, -0.15) is 0 Å². The summed E-state index contributed by atoms with van der Waals surface area (Å²) in [6.45, 7) is -1.68. The van der Waals surface area contributed by atoms with Crippen molar-refractivity contribution in [2.45, 2.75) is 25.4 Å². The maximum Gasteiger partial charge on any atom is 0.256 e. The Hall–Kier alpha value is -0.753. The molecule has 0 atom stereocenters. The Kier molecular flexibility index (Phi) is 5.48. The van der Waals surface area contributed by atoms with Crippen molar-refractivity contribution in [1.29, 1.82) is 0 Å². The Bertz CT molecular complexity index is 294. The predicted molar refractivity (Wildman–Crippen MR) is 54.6 cm³/mol. The van der Waals surface area contributed by atoms with Crippen molar-refractivity contribution in [3.05, 3.63) is 35.6 Å². The van der Waals surface area contributed by atoms with Gasteiger partial charge in [0.05, 0.1) is 0 Å². The molecular formula is C10H13FO3Si. The third-order valence-electron chi connectivity index (χ3n) is 1.82. The Morgan fingerprint density at radius 2 is 2.20 bits per heavy atom. The number of aryl methyl sites for hydroxylation is 1. The van der Waals surface area contributed by atoms with E-state index < -0.39 is 6.48 Å². The van der Waals surface area contributed by atoms with E-state index in [4.69, 9.17) is 10.2 Å². The maximum absolute atomic E-state index is 12.8. The molecule has 5 heteroatoms. The average molecular weight is 228 g/mol. The number of halogens is 1. The van der Waals surface area contributed by atoms with Crippen LogP contribution in [0, 0.1) is 5.82 Å². The minimum atomic E-state index is -1.68. The minimum Gasteiger partial charge on any atom is -0.372 e. The van der Waals surface area contributed by atoms with Gasteiger partial charge in [-0.3, -0.25) is 0 Å². The van der Waals surface area contributed by atoms with Gasteiger partial charge in [-0.05, 0) is 36.6 Å². The number of aliphatic hydroxyl groups excluding tert-OH is 1. The molecule has 0 saturated carbocycles. The molecule has 1 aromatic carbocycles. The number of hydrogen-bond acceptors (Lipinski definition) is 3. The molecule has 82 valence electrons. The zero-order valence-corrected chi connectivity index (χ0v) is 9.19. The molecule has 0 amide bonds. The van der Waals surface area contributed by atoms with Crippen LogP contribution < -0.4 is 0 Å². The Morgan fingerprint density at radius 3 is 2.87 bits per heavy atom. The monoisotopic (exact) mass is 228 g/mol. The lowest BCUT2D eigenvalue weighted by Gasteiger charge is -2.04. The van der Waals surface area contributed by atoms with Gasteiger partial charge in [0.2, 0.25) is 9.76 Å². The first-order valence-electron chi connectivity index (χ1n) is 4.67. The SMILES string of the molecule is OC(O)O[Si]CCCc1cccc(F)c1. The summed E-state index contributed by atoms with van der Waals surface area (Å²) in [5.41, 5.74) is 0.948. The number of aliphatic hydroxyl groups is 2.